The number of hydrogen-bond donors (Lipinski definition) is 2. The number of hydrogen-bond acceptors (Lipinski definition) is 5. The summed E-state index contributed by atoms with van der Waals surface area (Å²) in [5.74, 6) is -0.755. The summed E-state index contributed by atoms with van der Waals surface area (Å²) in [6.07, 6.45) is 0. The van der Waals surface area contributed by atoms with Crippen molar-refractivity contribution >= 4 is 56.3 Å². The van der Waals surface area contributed by atoms with Gasteiger partial charge < -0.3 is 5.32 Å². The van der Waals surface area contributed by atoms with Crippen LogP contribution in [0.3, 0.4) is 0 Å². The van der Waals surface area contributed by atoms with Crippen molar-refractivity contribution in [3.8, 4) is 0 Å². The average Bonchev–Trinajstić information content (AvgIpc) is 3.18. The Bertz CT molecular complexity index is 1340. The molecule has 0 spiro atoms. The van der Waals surface area contributed by atoms with Gasteiger partial charge in [0, 0.05) is 17.8 Å². The number of Topliss-reactive ketones (excluding diaryl/α,β-unsaturated/α-hetero) is 1. The summed E-state index contributed by atoms with van der Waals surface area (Å²) in [4.78, 5) is 24.3. The zero-order chi connectivity index (χ0) is 23.0. The number of fused-ring (bicyclic) bond motifs is 1. The van der Waals surface area contributed by atoms with E-state index >= 15 is 0 Å². The number of benzene rings is 3. The number of ketones is 1. The van der Waals surface area contributed by atoms with Crippen molar-refractivity contribution in [1.29, 1.82) is 0 Å². The van der Waals surface area contributed by atoms with E-state index in [4.69, 9.17) is 23.2 Å². The van der Waals surface area contributed by atoms with Gasteiger partial charge in [-0.05, 0) is 48.9 Å². The second-order valence-electron chi connectivity index (χ2n) is 7.08. The van der Waals surface area contributed by atoms with E-state index in [0.29, 0.717) is 16.9 Å². The van der Waals surface area contributed by atoms with Gasteiger partial charge in [0.25, 0.3) is 15.9 Å². The van der Waals surface area contributed by atoms with Crippen LogP contribution in [0.1, 0.15) is 33.2 Å². The minimum atomic E-state index is -4.00. The van der Waals surface area contributed by atoms with Gasteiger partial charge in [-0.25, -0.2) is 5.43 Å². The number of carbonyl (C=O) groups is 2. The predicted molar refractivity (Wildman–Crippen MR) is 124 cm³/mol. The monoisotopic (exact) mass is 489 g/mol. The van der Waals surface area contributed by atoms with Crippen LogP contribution in [0.15, 0.2) is 65.6 Å². The highest BCUT2D eigenvalue weighted by Gasteiger charge is 2.31. The third-order valence-electron chi connectivity index (χ3n) is 4.94. The quantitative estimate of drug-likeness (QED) is 0.508. The van der Waals surface area contributed by atoms with Crippen molar-refractivity contribution in [2.45, 2.75) is 18.4 Å². The van der Waals surface area contributed by atoms with E-state index in [-0.39, 0.29) is 32.8 Å². The molecular formula is C22H17Cl2N3O4S. The number of carbonyl (C=O) groups excluding carboxylic acids is 2. The molecule has 0 bridgehead atoms. The lowest BCUT2D eigenvalue weighted by Gasteiger charge is -2.20. The second kappa shape index (κ2) is 8.55. The molecule has 0 fully saturated rings. The molecule has 0 aromatic heterocycles. The Morgan fingerprint density at radius 2 is 1.69 bits per heavy atom. The SMILES string of the molecule is CC(=O)c1cccc(S(=O)(=O)N2NCc3ccc(NC(=O)c4c(Cl)cccc4Cl)cc32)c1. The molecule has 0 aliphatic carbocycles. The van der Waals surface area contributed by atoms with E-state index in [9.17, 15) is 18.0 Å². The van der Waals surface area contributed by atoms with Crippen LogP contribution in [-0.2, 0) is 16.6 Å². The summed E-state index contributed by atoms with van der Waals surface area (Å²) in [7, 11) is -4.00. The number of hydrazine groups is 1. The largest absolute Gasteiger partial charge is 0.322 e. The molecule has 1 aliphatic rings. The third kappa shape index (κ3) is 4.10. The number of rotatable bonds is 5. The Kier molecular flexibility index (Phi) is 5.96. The van der Waals surface area contributed by atoms with Crippen molar-refractivity contribution in [2.75, 3.05) is 9.73 Å². The van der Waals surface area contributed by atoms with Crippen molar-refractivity contribution in [1.82, 2.24) is 5.43 Å². The maximum atomic E-state index is 13.2. The summed E-state index contributed by atoms with van der Waals surface area (Å²) >= 11 is 12.2. The van der Waals surface area contributed by atoms with E-state index < -0.39 is 15.9 Å². The van der Waals surface area contributed by atoms with Crippen LogP contribution in [0.25, 0.3) is 0 Å². The average molecular weight is 490 g/mol. The van der Waals surface area contributed by atoms with Crippen LogP contribution in [0.2, 0.25) is 10.0 Å². The molecular weight excluding hydrogens is 473 g/mol. The Morgan fingerprint density at radius 3 is 2.38 bits per heavy atom. The first kappa shape index (κ1) is 22.3. The second-order valence-corrected chi connectivity index (χ2v) is 9.68. The highest BCUT2D eigenvalue weighted by Crippen LogP contribution is 2.33. The van der Waals surface area contributed by atoms with E-state index in [0.717, 1.165) is 9.98 Å². The first-order chi connectivity index (χ1) is 15.2. The van der Waals surface area contributed by atoms with Gasteiger partial charge in [-0.2, -0.15) is 12.8 Å². The Hall–Kier alpha value is -2.91. The fourth-order valence-electron chi connectivity index (χ4n) is 3.33. The van der Waals surface area contributed by atoms with Gasteiger partial charge in [-0.15, -0.1) is 0 Å². The van der Waals surface area contributed by atoms with E-state index in [1.54, 1.807) is 42.5 Å². The molecule has 3 aromatic carbocycles. The highest BCUT2D eigenvalue weighted by molar-refractivity contribution is 7.92. The van der Waals surface area contributed by atoms with Crippen LogP contribution in [0, 0.1) is 0 Å². The summed E-state index contributed by atoms with van der Waals surface area (Å²) in [6.45, 7) is 1.65. The number of nitrogens with one attached hydrogen (secondary N) is 2. The normalized spacial score (nSPS) is 13.0. The van der Waals surface area contributed by atoms with Crippen LogP contribution in [-0.4, -0.2) is 20.1 Å². The topological polar surface area (TPSA) is 95.6 Å². The summed E-state index contributed by atoms with van der Waals surface area (Å²) in [5.41, 5.74) is 4.72. The van der Waals surface area contributed by atoms with E-state index in [2.05, 4.69) is 10.7 Å². The molecule has 32 heavy (non-hydrogen) atoms. The predicted octanol–water partition coefficient (Wildman–Crippen LogP) is 4.66. The molecule has 0 saturated carbocycles. The van der Waals surface area contributed by atoms with Gasteiger partial charge >= 0.3 is 0 Å². The molecule has 0 unspecified atom stereocenters. The molecule has 10 heteroatoms. The molecule has 2 N–H and O–H groups in total. The number of amides is 1. The van der Waals surface area contributed by atoms with Crippen molar-refractivity contribution in [2.24, 2.45) is 0 Å². The zero-order valence-electron chi connectivity index (χ0n) is 16.7. The van der Waals surface area contributed by atoms with Gasteiger partial charge in [0.05, 0.1) is 26.2 Å². The number of sulfonamides is 1. The minimum absolute atomic E-state index is 0.0252. The fraction of sp³-hybridized carbons (Fsp3) is 0.0909. The smallest absolute Gasteiger partial charge is 0.277 e. The van der Waals surface area contributed by atoms with Gasteiger partial charge in [0.1, 0.15) is 0 Å². The first-order valence-corrected chi connectivity index (χ1v) is 11.7. The first-order valence-electron chi connectivity index (χ1n) is 9.46. The lowest BCUT2D eigenvalue weighted by molar-refractivity contribution is 0.101. The Labute approximate surface area is 195 Å². The maximum Gasteiger partial charge on any atom is 0.277 e. The Balaban J connectivity index is 1.66. The zero-order valence-corrected chi connectivity index (χ0v) is 19.1. The molecule has 0 saturated heterocycles. The van der Waals surface area contributed by atoms with Gasteiger partial charge in [-0.3, -0.25) is 9.59 Å². The lowest BCUT2D eigenvalue weighted by atomic mass is 10.1. The van der Waals surface area contributed by atoms with E-state index in [1.807, 2.05) is 0 Å². The van der Waals surface area contributed by atoms with Crippen molar-refractivity contribution < 1.29 is 18.0 Å². The van der Waals surface area contributed by atoms with Gasteiger partial charge in [-0.1, -0.05) is 47.5 Å². The number of nitrogens with zero attached hydrogens (tertiary/aromatic N) is 1. The number of halogens is 2. The molecule has 1 heterocycles. The molecule has 0 atom stereocenters. The van der Waals surface area contributed by atoms with Crippen LogP contribution in [0.4, 0.5) is 11.4 Å². The molecule has 7 nitrogen and oxygen atoms in total. The van der Waals surface area contributed by atoms with Gasteiger partial charge in [0.15, 0.2) is 5.78 Å². The van der Waals surface area contributed by atoms with Gasteiger partial charge in [0.2, 0.25) is 0 Å². The van der Waals surface area contributed by atoms with E-state index in [1.165, 1.54) is 25.1 Å². The van der Waals surface area contributed by atoms with Crippen LogP contribution >= 0.6 is 23.2 Å². The molecule has 0 radical (unpaired) electrons. The lowest BCUT2D eigenvalue weighted by Crippen LogP contribution is -2.38. The van der Waals surface area contributed by atoms with Crippen molar-refractivity contribution in [3.05, 3.63) is 87.4 Å². The standard InChI is InChI=1S/C22H17Cl2N3O4S/c1-13(28)14-4-2-5-17(10-14)32(30,31)27-20-11-16(9-8-15(20)12-25-27)26-22(29)21-18(23)6-3-7-19(21)24/h2-11,25H,12H2,1H3,(H,26,29). The van der Waals surface area contributed by atoms with Crippen LogP contribution in [0.5, 0.6) is 0 Å². The molecule has 3 aromatic rings. The minimum Gasteiger partial charge on any atom is -0.322 e. The molecule has 4 rings (SSSR count). The highest BCUT2D eigenvalue weighted by atomic mass is 35.5. The third-order valence-corrected chi connectivity index (χ3v) is 7.23. The molecule has 1 aliphatic heterocycles. The summed E-state index contributed by atoms with van der Waals surface area (Å²) < 4.78 is 27.5. The summed E-state index contributed by atoms with van der Waals surface area (Å²) in [5, 5.41) is 3.11. The fourth-order valence-corrected chi connectivity index (χ4v) is 5.30. The Morgan fingerprint density at radius 1 is 1.00 bits per heavy atom. The maximum absolute atomic E-state index is 13.2. The molecule has 164 valence electrons. The summed E-state index contributed by atoms with van der Waals surface area (Å²) in [6, 6.07) is 15.5. The van der Waals surface area contributed by atoms with Crippen molar-refractivity contribution in [3.63, 3.8) is 0 Å². The van der Waals surface area contributed by atoms with Crippen LogP contribution < -0.4 is 15.2 Å². The molecule has 1 amide bonds. The number of anilines is 2.